The minimum absolute atomic E-state index is 0. The van der Waals surface area contributed by atoms with Crippen LogP contribution in [0.4, 0.5) is 0 Å². The third kappa shape index (κ3) is 13.4. The Hall–Kier alpha value is 0.380. The van der Waals surface area contributed by atoms with Crippen molar-refractivity contribution < 1.29 is 9.53 Å². The van der Waals surface area contributed by atoms with Gasteiger partial charge in [-0.25, -0.2) is 0 Å². The van der Waals surface area contributed by atoms with Crippen molar-refractivity contribution in [3.8, 4) is 0 Å². The van der Waals surface area contributed by atoms with Crippen molar-refractivity contribution in [2.24, 2.45) is 0 Å². The van der Waals surface area contributed by atoms with E-state index in [9.17, 15) is 4.79 Å². The second kappa shape index (κ2) is 13.0. The maximum Gasteiger partial charge on any atom is 0.305 e. The van der Waals surface area contributed by atoms with Gasteiger partial charge in [0.2, 0.25) is 0 Å². The predicted molar refractivity (Wildman–Crippen MR) is 57.6 cm³/mol. The number of carbonyl (C=O) groups is 1. The molecule has 0 aromatic heterocycles. The minimum Gasteiger partial charge on any atom is -0.466 e. The summed E-state index contributed by atoms with van der Waals surface area (Å²) in [5, 5.41) is 0. The number of rotatable bonds is 4. The summed E-state index contributed by atoms with van der Waals surface area (Å²) in [4.78, 5) is 10.6. The van der Waals surface area contributed by atoms with Crippen molar-refractivity contribution >= 4 is 32.8 Å². The molecule has 0 saturated carbocycles. The molecule has 11 heavy (non-hydrogen) atoms. The first-order valence-electron chi connectivity index (χ1n) is 3.46. The monoisotopic (exact) mass is 244 g/mol. The number of unbranched alkanes of at least 4 members (excludes halogenated alkanes) is 1. The Balaban J connectivity index is -0.000000320. The Morgan fingerprint density at radius 1 is 1.36 bits per heavy atom. The van der Waals surface area contributed by atoms with Crippen molar-refractivity contribution in [3.05, 3.63) is 0 Å². The molecule has 2 nitrogen and oxygen atoms in total. The Morgan fingerprint density at radius 2 is 1.91 bits per heavy atom. The molecular formula is C7H18BrO2P. The van der Waals surface area contributed by atoms with Gasteiger partial charge in [0.1, 0.15) is 0 Å². The minimum atomic E-state index is -0.0700. The Labute approximate surface area is 82.5 Å². The van der Waals surface area contributed by atoms with Crippen molar-refractivity contribution in [1.82, 2.24) is 0 Å². The van der Waals surface area contributed by atoms with Crippen LogP contribution in [0.1, 0.15) is 33.1 Å². The van der Waals surface area contributed by atoms with Gasteiger partial charge in [-0.15, -0.1) is 17.0 Å². The summed E-state index contributed by atoms with van der Waals surface area (Å²) in [6.45, 7) is 4.38. The van der Waals surface area contributed by atoms with Gasteiger partial charge in [-0.3, -0.25) is 4.79 Å². The highest BCUT2D eigenvalue weighted by Crippen LogP contribution is 1.95. The topological polar surface area (TPSA) is 26.3 Å². The fraction of sp³-hybridized carbons (Fsp3) is 0.857. The van der Waals surface area contributed by atoms with E-state index in [1.165, 1.54) is 0 Å². The molecule has 0 spiro atoms. The van der Waals surface area contributed by atoms with Crippen molar-refractivity contribution in [1.29, 1.82) is 0 Å². The molecule has 0 radical (unpaired) electrons. The lowest BCUT2D eigenvalue weighted by Crippen LogP contribution is -2.02. The van der Waals surface area contributed by atoms with E-state index >= 15 is 0 Å². The fourth-order valence-corrected chi connectivity index (χ4v) is 0.554. The van der Waals surface area contributed by atoms with Crippen LogP contribution in [0.15, 0.2) is 0 Å². The number of esters is 1. The van der Waals surface area contributed by atoms with Gasteiger partial charge in [-0.1, -0.05) is 13.3 Å². The zero-order chi connectivity index (χ0) is 7.11. The summed E-state index contributed by atoms with van der Waals surface area (Å²) in [6.07, 6.45) is 2.57. The highest BCUT2D eigenvalue weighted by Gasteiger charge is 1.97. The Bertz CT molecular complexity index is 88.5. The second-order valence-electron chi connectivity index (χ2n) is 1.91. The Kier molecular flexibility index (Phi) is 20.6. The van der Waals surface area contributed by atoms with Crippen LogP contribution in [0.3, 0.4) is 0 Å². The number of halogens is 1. The number of hydrogen-bond acceptors (Lipinski definition) is 2. The molecule has 0 saturated heterocycles. The third-order valence-corrected chi connectivity index (χ3v) is 1.04. The highest BCUT2D eigenvalue weighted by molar-refractivity contribution is 8.93. The van der Waals surface area contributed by atoms with Gasteiger partial charge in [0, 0.05) is 6.42 Å². The zero-order valence-electron chi connectivity index (χ0n) is 7.26. The zero-order valence-corrected chi connectivity index (χ0v) is 10.4. The van der Waals surface area contributed by atoms with E-state index in [0.717, 1.165) is 12.8 Å². The molecule has 0 aromatic rings. The van der Waals surface area contributed by atoms with E-state index in [1.54, 1.807) is 0 Å². The molecule has 70 valence electrons. The first kappa shape index (κ1) is 17.5. The highest BCUT2D eigenvalue weighted by atomic mass is 79.9. The second-order valence-corrected chi connectivity index (χ2v) is 1.91. The average molecular weight is 245 g/mol. The van der Waals surface area contributed by atoms with Crippen LogP contribution in [-0.2, 0) is 9.53 Å². The standard InChI is InChI=1S/C7H14O2.BrH.H3P/c1-3-5-6-7(8)9-4-2;;/h3-6H2,1-2H3;1H;1H3. The first-order chi connectivity index (χ1) is 4.31. The maximum atomic E-state index is 10.6. The summed E-state index contributed by atoms with van der Waals surface area (Å²) in [5.74, 6) is -0.0700. The largest absolute Gasteiger partial charge is 0.466 e. The SMILES string of the molecule is Br.CCCCC(=O)OCC.P. The summed E-state index contributed by atoms with van der Waals surface area (Å²) < 4.78 is 4.70. The molecule has 0 N–H and O–H groups in total. The van der Waals surface area contributed by atoms with Crippen molar-refractivity contribution in [3.63, 3.8) is 0 Å². The summed E-state index contributed by atoms with van der Waals surface area (Å²) in [6, 6.07) is 0. The molecule has 0 aromatic carbocycles. The molecule has 0 rings (SSSR count). The van der Waals surface area contributed by atoms with Crippen LogP contribution in [0.2, 0.25) is 0 Å². The smallest absolute Gasteiger partial charge is 0.305 e. The predicted octanol–water partition coefficient (Wildman–Crippen LogP) is 2.38. The van der Waals surface area contributed by atoms with E-state index in [-0.39, 0.29) is 32.8 Å². The number of carbonyl (C=O) groups excluding carboxylic acids is 1. The van der Waals surface area contributed by atoms with Crippen LogP contribution in [0.5, 0.6) is 0 Å². The summed E-state index contributed by atoms with van der Waals surface area (Å²) >= 11 is 0. The van der Waals surface area contributed by atoms with Crippen LogP contribution >= 0.6 is 26.9 Å². The van der Waals surface area contributed by atoms with Crippen LogP contribution in [0, 0.1) is 0 Å². The first-order valence-corrected chi connectivity index (χ1v) is 3.46. The van der Waals surface area contributed by atoms with Crippen LogP contribution in [-0.4, -0.2) is 12.6 Å². The summed E-state index contributed by atoms with van der Waals surface area (Å²) in [7, 11) is 0. The van der Waals surface area contributed by atoms with Gasteiger partial charge in [0.15, 0.2) is 0 Å². The van der Waals surface area contributed by atoms with Gasteiger partial charge in [0.05, 0.1) is 6.61 Å². The molecule has 0 fully saturated rings. The van der Waals surface area contributed by atoms with Gasteiger partial charge in [0.25, 0.3) is 0 Å². The lowest BCUT2D eigenvalue weighted by Gasteiger charge is -1.97. The van der Waals surface area contributed by atoms with E-state index in [1.807, 2.05) is 6.92 Å². The molecule has 0 amide bonds. The number of hydrogen-bond donors (Lipinski definition) is 0. The van der Waals surface area contributed by atoms with E-state index in [2.05, 4.69) is 6.92 Å². The van der Waals surface area contributed by atoms with Crippen molar-refractivity contribution in [2.45, 2.75) is 33.1 Å². The van der Waals surface area contributed by atoms with Crippen LogP contribution < -0.4 is 0 Å². The van der Waals surface area contributed by atoms with E-state index in [4.69, 9.17) is 4.74 Å². The molecular weight excluding hydrogens is 227 g/mol. The van der Waals surface area contributed by atoms with Gasteiger partial charge in [-0.05, 0) is 13.3 Å². The molecule has 4 heteroatoms. The van der Waals surface area contributed by atoms with Crippen molar-refractivity contribution in [2.75, 3.05) is 6.61 Å². The lowest BCUT2D eigenvalue weighted by atomic mass is 10.3. The molecule has 0 aliphatic carbocycles. The molecule has 0 heterocycles. The molecule has 0 aliphatic heterocycles. The van der Waals surface area contributed by atoms with Gasteiger partial charge < -0.3 is 4.74 Å². The fourth-order valence-electron chi connectivity index (χ4n) is 0.554. The van der Waals surface area contributed by atoms with Gasteiger partial charge in [-0.2, -0.15) is 9.90 Å². The van der Waals surface area contributed by atoms with E-state index in [0.29, 0.717) is 13.0 Å². The lowest BCUT2D eigenvalue weighted by molar-refractivity contribution is -0.143. The third-order valence-electron chi connectivity index (χ3n) is 1.04. The summed E-state index contributed by atoms with van der Waals surface area (Å²) in [5.41, 5.74) is 0. The Morgan fingerprint density at radius 3 is 2.27 bits per heavy atom. The van der Waals surface area contributed by atoms with Gasteiger partial charge >= 0.3 is 5.97 Å². The maximum absolute atomic E-state index is 10.6. The van der Waals surface area contributed by atoms with Crippen LogP contribution in [0.25, 0.3) is 0 Å². The average Bonchev–Trinajstić information content (AvgIpc) is 1.85. The number of ether oxygens (including phenoxy) is 1. The van der Waals surface area contributed by atoms with E-state index < -0.39 is 0 Å². The normalized spacial score (nSPS) is 7.45. The quantitative estimate of drug-likeness (QED) is 0.561. The molecule has 1 unspecified atom stereocenters. The molecule has 1 atom stereocenters. The molecule has 0 bridgehead atoms. The molecule has 0 aliphatic rings.